The Kier molecular flexibility index (Phi) is 5.36. The van der Waals surface area contributed by atoms with E-state index < -0.39 is 12.0 Å². The minimum atomic E-state index is -0.635. The first-order valence-corrected chi connectivity index (χ1v) is 9.28. The lowest BCUT2D eigenvalue weighted by molar-refractivity contribution is 0.249. The second kappa shape index (κ2) is 8.26. The van der Waals surface area contributed by atoms with Crippen molar-refractivity contribution in [2.24, 2.45) is 0 Å². The van der Waals surface area contributed by atoms with E-state index in [0.29, 0.717) is 27.9 Å². The van der Waals surface area contributed by atoms with Crippen LogP contribution in [0.2, 0.25) is 0 Å². The third-order valence-corrected chi connectivity index (χ3v) is 4.66. The molecule has 0 bridgehead atoms. The minimum absolute atomic E-state index is 0.201. The molecule has 1 unspecified atom stereocenters. The number of aliphatic hydroxyl groups is 1. The summed E-state index contributed by atoms with van der Waals surface area (Å²) in [6, 6.07) is 13.4. The standard InChI is InChI=1S/C21H19FN6O2/c1-12(13-5-3-2-4-6-13)24-21(30)26-18-10-15-19(16(11-29)25-18)20(28-27-15)14-7-8-23-17(22)9-14/h2-10,12,29H,11H2,1H3,(H,27,28)(H2,24,25,26,30). The van der Waals surface area contributed by atoms with Gasteiger partial charge in [-0.15, -0.1) is 0 Å². The number of pyridine rings is 2. The highest BCUT2D eigenvalue weighted by Gasteiger charge is 2.17. The molecule has 1 atom stereocenters. The van der Waals surface area contributed by atoms with E-state index in [1.165, 1.54) is 12.3 Å². The number of aliphatic hydroxyl groups excluding tert-OH is 1. The number of hydrogen-bond acceptors (Lipinski definition) is 5. The van der Waals surface area contributed by atoms with Gasteiger partial charge in [0.2, 0.25) is 5.95 Å². The van der Waals surface area contributed by atoms with Crippen molar-refractivity contribution in [3.8, 4) is 11.3 Å². The molecule has 4 rings (SSSR count). The van der Waals surface area contributed by atoms with Crippen LogP contribution in [0.25, 0.3) is 22.2 Å². The van der Waals surface area contributed by atoms with E-state index in [4.69, 9.17) is 0 Å². The van der Waals surface area contributed by atoms with Gasteiger partial charge in [-0.05, 0) is 18.6 Å². The summed E-state index contributed by atoms with van der Waals surface area (Å²) >= 11 is 0. The van der Waals surface area contributed by atoms with E-state index in [1.807, 2.05) is 37.3 Å². The number of hydrogen-bond donors (Lipinski definition) is 4. The number of carbonyl (C=O) groups is 1. The first-order valence-electron chi connectivity index (χ1n) is 9.28. The molecule has 3 heterocycles. The Hall–Kier alpha value is -3.85. The third kappa shape index (κ3) is 3.96. The maximum absolute atomic E-state index is 13.5. The monoisotopic (exact) mass is 406 g/mol. The van der Waals surface area contributed by atoms with Crippen LogP contribution in [0.5, 0.6) is 0 Å². The van der Waals surface area contributed by atoms with Gasteiger partial charge in [0.1, 0.15) is 11.5 Å². The molecule has 30 heavy (non-hydrogen) atoms. The molecular formula is C21H19FN6O2. The number of rotatable bonds is 5. The van der Waals surface area contributed by atoms with Crippen molar-refractivity contribution in [2.75, 3.05) is 5.32 Å². The van der Waals surface area contributed by atoms with Crippen LogP contribution in [0.1, 0.15) is 24.2 Å². The molecule has 3 aromatic heterocycles. The molecule has 0 fully saturated rings. The van der Waals surface area contributed by atoms with Crippen LogP contribution < -0.4 is 10.6 Å². The van der Waals surface area contributed by atoms with E-state index in [1.54, 1.807) is 12.1 Å². The van der Waals surface area contributed by atoms with Crippen LogP contribution in [0.4, 0.5) is 15.0 Å². The van der Waals surface area contributed by atoms with E-state index in [0.717, 1.165) is 5.56 Å². The third-order valence-electron chi connectivity index (χ3n) is 4.66. The fourth-order valence-corrected chi connectivity index (χ4v) is 3.23. The Balaban J connectivity index is 1.59. The second-order valence-electron chi connectivity index (χ2n) is 6.71. The summed E-state index contributed by atoms with van der Waals surface area (Å²) in [5, 5.41) is 22.9. The molecule has 0 radical (unpaired) electrons. The molecule has 9 heteroatoms. The number of urea groups is 1. The van der Waals surface area contributed by atoms with Gasteiger partial charge in [-0.25, -0.2) is 14.8 Å². The number of anilines is 1. The molecule has 0 aliphatic rings. The van der Waals surface area contributed by atoms with Gasteiger partial charge < -0.3 is 10.4 Å². The summed E-state index contributed by atoms with van der Waals surface area (Å²) in [4.78, 5) is 20.3. The molecule has 0 saturated heterocycles. The molecule has 0 spiro atoms. The SMILES string of the molecule is CC(NC(=O)Nc1cc2[nH]nc(-c3ccnc(F)c3)c2c(CO)n1)c1ccccc1. The van der Waals surface area contributed by atoms with Gasteiger partial charge in [-0.1, -0.05) is 30.3 Å². The van der Waals surface area contributed by atoms with Crippen LogP contribution in [-0.2, 0) is 6.61 Å². The molecule has 4 N–H and O–H groups in total. The van der Waals surface area contributed by atoms with Gasteiger partial charge in [-0.2, -0.15) is 9.49 Å². The second-order valence-corrected chi connectivity index (χ2v) is 6.71. The Morgan fingerprint density at radius 1 is 1.23 bits per heavy atom. The molecule has 0 aliphatic heterocycles. The van der Waals surface area contributed by atoms with Gasteiger partial charge in [0, 0.05) is 23.9 Å². The summed E-state index contributed by atoms with van der Waals surface area (Å²) in [5.74, 6) is -0.384. The summed E-state index contributed by atoms with van der Waals surface area (Å²) in [5.41, 5.74) is 2.76. The van der Waals surface area contributed by atoms with Gasteiger partial charge in [-0.3, -0.25) is 10.4 Å². The van der Waals surface area contributed by atoms with Crippen LogP contribution in [0, 0.1) is 5.95 Å². The molecule has 0 saturated carbocycles. The molecule has 0 aliphatic carbocycles. The molecule has 4 aromatic rings. The number of aromatic amines is 1. The maximum atomic E-state index is 13.5. The minimum Gasteiger partial charge on any atom is -0.390 e. The van der Waals surface area contributed by atoms with Gasteiger partial charge in [0.15, 0.2) is 0 Å². The summed E-state index contributed by atoms with van der Waals surface area (Å²) < 4.78 is 13.5. The number of H-pyrrole nitrogens is 1. The Morgan fingerprint density at radius 3 is 2.77 bits per heavy atom. The summed E-state index contributed by atoms with van der Waals surface area (Å²) in [6.45, 7) is 1.49. The quantitative estimate of drug-likeness (QED) is 0.379. The van der Waals surface area contributed by atoms with Crippen LogP contribution in [0.15, 0.2) is 54.7 Å². The average Bonchev–Trinajstić information content (AvgIpc) is 3.17. The van der Waals surface area contributed by atoms with Crippen molar-refractivity contribution in [1.82, 2.24) is 25.5 Å². The molecule has 8 nitrogen and oxygen atoms in total. The first kappa shape index (κ1) is 19.5. The number of carbonyl (C=O) groups excluding carboxylic acids is 1. The zero-order valence-electron chi connectivity index (χ0n) is 16.1. The smallest absolute Gasteiger partial charge is 0.320 e. The summed E-state index contributed by atoms with van der Waals surface area (Å²) in [6.07, 6.45) is 1.34. The largest absolute Gasteiger partial charge is 0.390 e. The Labute approximate surface area is 171 Å². The highest BCUT2D eigenvalue weighted by molar-refractivity contribution is 5.97. The highest BCUT2D eigenvalue weighted by atomic mass is 19.1. The number of halogens is 1. The van der Waals surface area contributed by atoms with Crippen LogP contribution in [0.3, 0.4) is 0 Å². The molecule has 1 aromatic carbocycles. The lowest BCUT2D eigenvalue weighted by Gasteiger charge is -2.15. The molecule has 2 amide bonds. The normalized spacial score (nSPS) is 12.0. The number of aromatic nitrogens is 4. The molecule has 152 valence electrons. The number of nitrogens with one attached hydrogen (secondary N) is 3. The van der Waals surface area contributed by atoms with Crippen LogP contribution in [-0.4, -0.2) is 31.3 Å². The van der Waals surface area contributed by atoms with Gasteiger partial charge in [0.05, 0.1) is 29.2 Å². The lowest BCUT2D eigenvalue weighted by Crippen LogP contribution is -2.31. The van der Waals surface area contributed by atoms with Crippen molar-refractivity contribution in [3.63, 3.8) is 0 Å². The van der Waals surface area contributed by atoms with Crippen LogP contribution >= 0.6 is 0 Å². The number of nitrogens with zero attached hydrogens (tertiary/aromatic N) is 3. The zero-order chi connectivity index (χ0) is 21.1. The van der Waals surface area contributed by atoms with E-state index in [2.05, 4.69) is 30.8 Å². The maximum Gasteiger partial charge on any atom is 0.320 e. The fraction of sp³-hybridized carbons (Fsp3) is 0.143. The zero-order valence-corrected chi connectivity index (χ0v) is 16.1. The Morgan fingerprint density at radius 2 is 2.03 bits per heavy atom. The predicted octanol–water partition coefficient (Wildman–Crippen LogP) is 3.53. The molecular weight excluding hydrogens is 387 g/mol. The average molecular weight is 406 g/mol. The van der Waals surface area contributed by atoms with E-state index in [-0.39, 0.29) is 18.5 Å². The van der Waals surface area contributed by atoms with Gasteiger partial charge in [0.25, 0.3) is 0 Å². The van der Waals surface area contributed by atoms with E-state index >= 15 is 0 Å². The number of fused-ring (bicyclic) bond motifs is 1. The predicted molar refractivity (Wildman–Crippen MR) is 110 cm³/mol. The van der Waals surface area contributed by atoms with Crippen molar-refractivity contribution in [2.45, 2.75) is 19.6 Å². The fourth-order valence-electron chi connectivity index (χ4n) is 3.23. The van der Waals surface area contributed by atoms with Crippen molar-refractivity contribution in [1.29, 1.82) is 0 Å². The summed E-state index contributed by atoms with van der Waals surface area (Å²) in [7, 11) is 0. The van der Waals surface area contributed by atoms with Crippen molar-refractivity contribution >= 4 is 22.8 Å². The Bertz CT molecular complexity index is 1190. The number of benzene rings is 1. The lowest BCUT2D eigenvalue weighted by atomic mass is 10.1. The van der Waals surface area contributed by atoms with Crippen molar-refractivity contribution in [3.05, 3.63) is 71.9 Å². The number of amides is 2. The first-order chi connectivity index (χ1) is 14.5. The van der Waals surface area contributed by atoms with Crippen molar-refractivity contribution < 1.29 is 14.3 Å². The van der Waals surface area contributed by atoms with Gasteiger partial charge >= 0.3 is 6.03 Å². The highest BCUT2D eigenvalue weighted by Crippen LogP contribution is 2.30. The topological polar surface area (TPSA) is 116 Å². The van der Waals surface area contributed by atoms with E-state index in [9.17, 15) is 14.3 Å².